The van der Waals surface area contributed by atoms with Gasteiger partial charge in [-0.3, -0.25) is 4.90 Å². The quantitative estimate of drug-likeness (QED) is 0.460. The highest BCUT2D eigenvalue weighted by Crippen LogP contribution is 2.19. The van der Waals surface area contributed by atoms with Gasteiger partial charge < -0.3 is 9.15 Å². The molecule has 9 heteroatoms. The lowest BCUT2D eigenvalue weighted by molar-refractivity contribution is 0.0206. The molecule has 3 heterocycles. The number of ether oxygens (including phenoxy) is 1. The second-order valence-corrected chi connectivity index (χ2v) is 6.65. The van der Waals surface area contributed by atoms with E-state index in [4.69, 9.17) is 21.4 Å². The fourth-order valence-electron chi connectivity index (χ4n) is 2.31. The fourth-order valence-corrected chi connectivity index (χ4v) is 3.29. The third-order valence-electron chi connectivity index (χ3n) is 3.37. The van der Waals surface area contributed by atoms with Gasteiger partial charge in [-0.05, 0) is 32.1 Å². The number of rotatable bonds is 5. The Kier molecular flexibility index (Phi) is 5.42. The van der Waals surface area contributed by atoms with Gasteiger partial charge in [0.25, 0.3) is 4.84 Å². The minimum Gasteiger partial charge on any atom is -0.413 e. The molecule has 1 aliphatic rings. The second-order valence-electron chi connectivity index (χ2n) is 5.36. The summed E-state index contributed by atoms with van der Waals surface area (Å²) in [5.74, 6) is 1.15. The van der Waals surface area contributed by atoms with Crippen LogP contribution in [0.5, 0.6) is 0 Å². The first kappa shape index (κ1) is 16.6. The molecule has 0 saturated carbocycles. The zero-order chi connectivity index (χ0) is 16.2. The van der Waals surface area contributed by atoms with Gasteiger partial charge in [0.1, 0.15) is 0 Å². The van der Waals surface area contributed by atoms with Crippen LogP contribution in [0.4, 0.5) is 0 Å². The third-order valence-corrected chi connectivity index (χ3v) is 4.50. The van der Waals surface area contributed by atoms with Crippen molar-refractivity contribution in [1.82, 2.24) is 24.6 Å². The summed E-state index contributed by atoms with van der Waals surface area (Å²) >= 11 is 6.75. The molecule has 2 aromatic heterocycles. The summed E-state index contributed by atoms with van der Waals surface area (Å²) in [4.78, 5) is 11.4. The van der Waals surface area contributed by atoms with Crippen LogP contribution in [-0.4, -0.2) is 51.0 Å². The summed E-state index contributed by atoms with van der Waals surface area (Å²) in [6.07, 6.45) is 0. The van der Waals surface area contributed by atoms with E-state index >= 15 is 0 Å². The smallest absolute Gasteiger partial charge is 0.288 e. The predicted molar refractivity (Wildman–Crippen MR) is 88.8 cm³/mol. The molecule has 0 spiro atoms. The molecule has 23 heavy (non-hydrogen) atoms. The minimum atomic E-state index is 0.397. The van der Waals surface area contributed by atoms with E-state index in [1.165, 1.54) is 11.8 Å². The molecule has 124 valence electrons. The molecule has 2 aromatic rings. The Bertz CT molecular complexity index is 704. The van der Waals surface area contributed by atoms with Crippen molar-refractivity contribution in [2.45, 2.75) is 31.4 Å². The zero-order valence-corrected chi connectivity index (χ0v) is 14.8. The number of hydrogen-bond acceptors (Lipinski definition) is 8. The minimum absolute atomic E-state index is 0.397. The molecule has 0 atom stereocenters. The van der Waals surface area contributed by atoms with Crippen LogP contribution >= 0.6 is 24.0 Å². The van der Waals surface area contributed by atoms with E-state index in [-0.39, 0.29) is 0 Å². The van der Waals surface area contributed by atoms with Crippen LogP contribution in [0.2, 0.25) is 0 Å². The van der Waals surface area contributed by atoms with Gasteiger partial charge in [0.05, 0.1) is 25.6 Å². The summed E-state index contributed by atoms with van der Waals surface area (Å²) in [5.41, 5.74) is 1.91. The first-order chi connectivity index (χ1) is 11.1. The molecule has 1 aliphatic heterocycles. The maximum atomic E-state index is 5.57. The van der Waals surface area contributed by atoms with Gasteiger partial charge in [-0.25, -0.2) is 14.6 Å². The topological polar surface area (TPSA) is 69.2 Å². The predicted octanol–water partition coefficient (Wildman–Crippen LogP) is 2.19. The number of aromatic nitrogens is 4. The maximum absolute atomic E-state index is 5.57. The Balaban J connectivity index is 1.62. The van der Waals surface area contributed by atoms with E-state index < -0.39 is 0 Å². The van der Waals surface area contributed by atoms with Gasteiger partial charge in [0.15, 0.2) is 5.16 Å². The molecule has 0 aromatic carbocycles. The molecule has 1 fully saturated rings. The molecule has 0 unspecified atom stereocenters. The Morgan fingerprint density at radius 2 is 1.91 bits per heavy atom. The van der Waals surface area contributed by atoms with Gasteiger partial charge in [-0.15, -0.1) is 5.10 Å². The molecular formula is C14H19N5O2S2. The number of aryl methyl sites for hydroxylation is 2. The summed E-state index contributed by atoms with van der Waals surface area (Å²) in [6.45, 7) is 7.82. The highest BCUT2D eigenvalue weighted by Gasteiger charge is 2.14. The van der Waals surface area contributed by atoms with Crippen LogP contribution in [0, 0.1) is 18.7 Å². The Morgan fingerprint density at radius 1 is 1.22 bits per heavy atom. The molecule has 0 radical (unpaired) electrons. The van der Waals surface area contributed by atoms with Crippen molar-refractivity contribution in [2.24, 2.45) is 0 Å². The average Bonchev–Trinajstić information content (AvgIpc) is 2.85. The summed E-state index contributed by atoms with van der Waals surface area (Å²) in [6, 6.07) is 1.95. The largest absolute Gasteiger partial charge is 0.413 e. The lowest BCUT2D eigenvalue weighted by Crippen LogP contribution is -2.37. The standard InChI is InChI=1S/C14H19N5O2S2/c1-10-7-11(2)16-13(15-10)23-8-12-17-19(14(22)21-12)9-18-3-5-20-6-4-18/h7H,3-6,8-9H2,1-2H3. The Morgan fingerprint density at radius 3 is 2.61 bits per heavy atom. The Hall–Kier alpha value is -1.29. The van der Waals surface area contributed by atoms with Crippen LogP contribution < -0.4 is 0 Å². The van der Waals surface area contributed by atoms with Crippen LogP contribution in [-0.2, 0) is 17.2 Å². The number of morpholine rings is 1. The maximum Gasteiger partial charge on any atom is 0.288 e. The second kappa shape index (κ2) is 7.52. The van der Waals surface area contributed by atoms with E-state index in [1.807, 2.05) is 19.9 Å². The third kappa shape index (κ3) is 4.60. The van der Waals surface area contributed by atoms with E-state index in [1.54, 1.807) is 4.68 Å². The van der Waals surface area contributed by atoms with Crippen LogP contribution in [0.1, 0.15) is 17.3 Å². The highest BCUT2D eigenvalue weighted by atomic mass is 32.2. The van der Waals surface area contributed by atoms with E-state index in [2.05, 4.69) is 20.0 Å². The SMILES string of the molecule is Cc1cc(C)nc(SCc2nn(CN3CCOCC3)c(=S)o2)n1. The lowest BCUT2D eigenvalue weighted by atomic mass is 10.4. The number of hydrogen-bond donors (Lipinski definition) is 0. The van der Waals surface area contributed by atoms with Crippen LogP contribution in [0.15, 0.2) is 15.6 Å². The van der Waals surface area contributed by atoms with Gasteiger partial charge in [0.2, 0.25) is 5.89 Å². The lowest BCUT2D eigenvalue weighted by Gasteiger charge is -2.25. The first-order valence-electron chi connectivity index (χ1n) is 7.42. The van der Waals surface area contributed by atoms with E-state index in [0.29, 0.717) is 23.1 Å². The van der Waals surface area contributed by atoms with Gasteiger partial charge in [-0.2, -0.15) is 0 Å². The van der Waals surface area contributed by atoms with Crippen molar-refractivity contribution in [3.8, 4) is 0 Å². The molecule has 0 bridgehead atoms. The first-order valence-corrected chi connectivity index (χ1v) is 8.81. The number of nitrogens with zero attached hydrogens (tertiary/aromatic N) is 5. The van der Waals surface area contributed by atoms with E-state index in [0.717, 1.165) is 42.8 Å². The number of thioether (sulfide) groups is 1. The van der Waals surface area contributed by atoms with E-state index in [9.17, 15) is 0 Å². The van der Waals surface area contributed by atoms with Crippen molar-refractivity contribution in [2.75, 3.05) is 26.3 Å². The molecule has 0 aliphatic carbocycles. The van der Waals surface area contributed by atoms with Gasteiger partial charge in [-0.1, -0.05) is 11.8 Å². The molecule has 7 nitrogen and oxygen atoms in total. The summed E-state index contributed by atoms with van der Waals surface area (Å²) in [5, 5.41) is 5.18. The van der Waals surface area contributed by atoms with Crippen molar-refractivity contribution < 1.29 is 9.15 Å². The fraction of sp³-hybridized carbons (Fsp3) is 0.571. The molecule has 0 N–H and O–H groups in total. The van der Waals surface area contributed by atoms with Crippen LogP contribution in [0.25, 0.3) is 0 Å². The van der Waals surface area contributed by atoms with Crippen molar-refractivity contribution in [1.29, 1.82) is 0 Å². The summed E-state index contributed by atoms with van der Waals surface area (Å²) in [7, 11) is 0. The van der Waals surface area contributed by atoms with Crippen molar-refractivity contribution in [3.05, 3.63) is 28.2 Å². The Labute approximate surface area is 144 Å². The molecule has 1 saturated heterocycles. The van der Waals surface area contributed by atoms with Gasteiger partial charge >= 0.3 is 0 Å². The van der Waals surface area contributed by atoms with Crippen LogP contribution in [0.3, 0.4) is 0 Å². The monoisotopic (exact) mass is 353 g/mol. The highest BCUT2D eigenvalue weighted by molar-refractivity contribution is 7.98. The zero-order valence-electron chi connectivity index (χ0n) is 13.2. The molecular weight excluding hydrogens is 334 g/mol. The normalized spacial score (nSPS) is 15.9. The van der Waals surface area contributed by atoms with Crippen molar-refractivity contribution in [3.63, 3.8) is 0 Å². The van der Waals surface area contributed by atoms with Crippen molar-refractivity contribution >= 4 is 24.0 Å². The molecule has 3 rings (SSSR count). The average molecular weight is 353 g/mol. The molecule has 0 amide bonds. The summed E-state index contributed by atoms with van der Waals surface area (Å²) < 4.78 is 12.6. The van der Waals surface area contributed by atoms with Gasteiger partial charge in [0, 0.05) is 24.5 Å².